The summed E-state index contributed by atoms with van der Waals surface area (Å²) in [6, 6.07) is 5.05. The van der Waals surface area contributed by atoms with Gasteiger partial charge in [-0.2, -0.15) is 0 Å². The van der Waals surface area contributed by atoms with Gasteiger partial charge in [0.25, 0.3) is 0 Å². The van der Waals surface area contributed by atoms with Crippen LogP contribution in [0, 0.1) is 19.8 Å². The molecule has 3 nitrogen and oxygen atoms in total. The Morgan fingerprint density at radius 3 is 2.75 bits per heavy atom. The molecule has 0 spiro atoms. The molecule has 0 amide bonds. The molecule has 3 aliphatic rings. The monoisotopic (exact) mass is 274 g/mol. The summed E-state index contributed by atoms with van der Waals surface area (Å²) in [5, 5.41) is 3.68. The molecule has 0 radical (unpaired) electrons. The number of hydrogen-bond acceptors (Lipinski definition) is 3. The molecule has 110 valence electrons. The van der Waals surface area contributed by atoms with Crippen molar-refractivity contribution in [1.29, 1.82) is 0 Å². The molecule has 3 heterocycles. The third-order valence-electron chi connectivity index (χ3n) is 5.08. The first-order chi connectivity index (χ1) is 9.67. The molecule has 2 bridgehead atoms. The van der Waals surface area contributed by atoms with Gasteiger partial charge in [-0.25, -0.2) is 0 Å². The number of benzene rings is 1. The van der Waals surface area contributed by atoms with Gasteiger partial charge in [0.05, 0.1) is 7.11 Å². The molecule has 0 unspecified atom stereocenters. The van der Waals surface area contributed by atoms with Crippen molar-refractivity contribution in [2.24, 2.45) is 5.92 Å². The van der Waals surface area contributed by atoms with E-state index in [2.05, 4.69) is 36.2 Å². The molecule has 2 atom stereocenters. The average Bonchev–Trinajstić information content (AvgIpc) is 2.76. The van der Waals surface area contributed by atoms with E-state index in [0.29, 0.717) is 6.04 Å². The van der Waals surface area contributed by atoms with Gasteiger partial charge >= 0.3 is 0 Å². The van der Waals surface area contributed by atoms with Crippen molar-refractivity contribution < 1.29 is 4.74 Å². The van der Waals surface area contributed by atoms with Crippen LogP contribution in [-0.4, -0.2) is 37.7 Å². The highest BCUT2D eigenvalue weighted by atomic mass is 16.5. The van der Waals surface area contributed by atoms with E-state index in [4.69, 9.17) is 4.74 Å². The highest BCUT2D eigenvalue weighted by Gasteiger charge is 2.29. The first-order valence-electron chi connectivity index (χ1n) is 7.76. The predicted octanol–water partition coefficient (Wildman–Crippen LogP) is 2.50. The van der Waals surface area contributed by atoms with Gasteiger partial charge in [-0.15, -0.1) is 0 Å². The van der Waals surface area contributed by atoms with Crippen molar-refractivity contribution in [3.05, 3.63) is 28.8 Å². The second-order valence-electron chi connectivity index (χ2n) is 6.42. The van der Waals surface area contributed by atoms with Crippen LogP contribution in [0.1, 0.15) is 29.5 Å². The SMILES string of the molecule is COc1ccc(CN2C[C@H]3CC[C@@H](C2)NC3)c(C)c1C. The fourth-order valence-electron chi connectivity index (χ4n) is 3.65. The lowest BCUT2D eigenvalue weighted by Crippen LogP contribution is -2.39. The predicted molar refractivity (Wildman–Crippen MR) is 82.3 cm³/mol. The van der Waals surface area contributed by atoms with Crippen LogP contribution in [0.3, 0.4) is 0 Å². The highest BCUT2D eigenvalue weighted by Crippen LogP contribution is 2.27. The summed E-state index contributed by atoms with van der Waals surface area (Å²) in [5.74, 6) is 1.84. The largest absolute Gasteiger partial charge is 0.496 e. The van der Waals surface area contributed by atoms with Gasteiger partial charge < -0.3 is 10.1 Å². The van der Waals surface area contributed by atoms with Crippen LogP contribution < -0.4 is 10.1 Å². The second kappa shape index (κ2) is 5.74. The lowest BCUT2D eigenvalue weighted by Gasteiger charge is -2.24. The maximum Gasteiger partial charge on any atom is 0.122 e. The Kier molecular flexibility index (Phi) is 3.99. The van der Waals surface area contributed by atoms with Crippen LogP contribution in [0.25, 0.3) is 0 Å². The first-order valence-corrected chi connectivity index (χ1v) is 7.76. The molecular weight excluding hydrogens is 248 g/mol. The average molecular weight is 274 g/mol. The molecule has 3 fully saturated rings. The second-order valence-corrected chi connectivity index (χ2v) is 6.42. The fraction of sp³-hybridized carbons (Fsp3) is 0.647. The third kappa shape index (κ3) is 2.70. The van der Waals surface area contributed by atoms with Gasteiger partial charge in [-0.1, -0.05) is 6.07 Å². The van der Waals surface area contributed by atoms with E-state index in [1.807, 2.05) is 0 Å². The Morgan fingerprint density at radius 1 is 1.20 bits per heavy atom. The van der Waals surface area contributed by atoms with E-state index in [9.17, 15) is 0 Å². The van der Waals surface area contributed by atoms with Crippen LogP contribution in [0.5, 0.6) is 5.75 Å². The van der Waals surface area contributed by atoms with Gasteiger partial charge in [0, 0.05) is 25.7 Å². The van der Waals surface area contributed by atoms with Gasteiger partial charge in [0.2, 0.25) is 0 Å². The Bertz CT molecular complexity index is 464. The number of rotatable bonds is 3. The summed E-state index contributed by atoms with van der Waals surface area (Å²) >= 11 is 0. The van der Waals surface area contributed by atoms with E-state index in [1.165, 1.54) is 49.2 Å². The standard InChI is InChI=1S/C17H26N2O/c1-12-13(2)17(20-3)7-5-15(12)10-19-9-14-4-6-16(11-19)18-8-14/h5,7,14,16,18H,4,6,8-11H2,1-3H3/t14-,16-/m0/s1. The van der Waals surface area contributed by atoms with Crippen molar-refractivity contribution in [2.45, 2.75) is 39.3 Å². The summed E-state index contributed by atoms with van der Waals surface area (Å²) in [6.45, 7) is 9.10. The molecule has 3 saturated heterocycles. The van der Waals surface area contributed by atoms with Crippen LogP contribution in [0.15, 0.2) is 12.1 Å². The Labute approximate surface area is 122 Å². The summed E-state index contributed by atoms with van der Waals surface area (Å²) in [5.41, 5.74) is 4.11. The smallest absolute Gasteiger partial charge is 0.122 e. The molecule has 1 aromatic carbocycles. The van der Waals surface area contributed by atoms with Crippen molar-refractivity contribution in [3.8, 4) is 5.75 Å². The molecular formula is C17H26N2O. The zero-order valence-corrected chi connectivity index (χ0v) is 12.9. The molecule has 0 aliphatic carbocycles. The Hall–Kier alpha value is -1.06. The zero-order valence-electron chi connectivity index (χ0n) is 12.9. The van der Waals surface area contributed by atoms with Gasteiger partial charge in [-0.05, 0) is 61.9 Å². The van der Waals surface area contributed by atoms with E-state index in [0.717, 1.165) is 18.2 Å². The van der Waals surface area contributed by atoms with Crippen molar-refractivity contribution in [1.82, 2.24) is 10.2 Å². The molecule has 20 heavy (non-hydrogen) atoms. The zero-order chi connectivity index (χ0) is 14.1. The maximum absolute atomic E-state index is 5.41. The third-order valence-corrected chi connectivity index (χ3v) is 5.08. The van der Waals surface area contributed by atoms with E-state index in [-0.39, 0.29) is 0 Å². The number of fused-ring (bicyclic) bond motifs is 4. The molecule has 1 aromatic rings. The number of methoxy groups -OCH3 is 1. The first kappa shape index (κ1) is 13.9. The molecule has 0 saturated carbocycles. The topological polar surface area (TPSA) is 24.5 Å². The Balaban J connectivity index is 1.76. The number of piperidine rings is 1. The van der Waals surface area contributed by atoms with Crippen LogP contribution >= 0.6 is 0 Å². The van der Waals surface area contributed by atoms with Gasteiger partial charge in [0.15, 0.2) is 0 Å². The summed E-state index contributed by atoms with van der Waals surface area (Å²) in [4.78, 5) is 2.64. The van der Waals surface area contributed by atoms with Crippen LogP contribution in [-0.2, 0) is 6.54 Å². The molecule has 0 aromatic heterocycles. The lowest BCUT2D eigenvalue weighted by molar-refractivity contribution is 0.255. The van der Waals surface area contributed by atoms with Crippen molar-refractivity contribution >= 4 is 0 Å². The minimum absolute atomic E-state index is 0.702. The van der Waals surface area contributed by atoms with Crippen molar-refractivity contribution in [3.63, 3.8) is 0 Å². The highest BCUT2D eigenvalue weighted by molar-refractivity contribution is 5.43. The summed E-state index contributed by atoms with van der Waals surface area (Å²) in [7, 11) is 1.75. The van der Waals surface area contributed by atoms with Gasteiger partial charge in [-0.3, -0.25) is 4.90 Å². The summed E-state index contributed by atoms with van der Waals surface area (Å²) in [6.07, 6.45) is 2.75. The minimum Gasteiger partial charge on any atom is -0.496 e. The quantitative estimate of drug-likeness (QED) is 0.916. The van der Waals surface area contributed by atoms with Crippen LogP contribution in [0.2, 0.25) is 0 Å². The Morgan fingerprint density at radius 2 is 2.05 bits per heavy atom. The minimum atomic E-state index is 0.702. The number of nitrogens with one attached hydrogen (secondary N) is 1. The fourth-order valence-corrected chi connectivity index (χ4v) is 3.65. The van der Waals surface area contributed by atoms with E-state index < -0.39 is 0 Å². The number of nitrogens with zero attached hydrogens (tertiary/aromatic N) is 1. The molecule has 4 rings (SSSR count). The normalized spacial score (nSPS) is 26.6. The molecule has 1 N–H and O–H groups in total. The van der Waals surface area contributed by atoms with Crippen molar-refractivity contribution in [2.75, 3.05) is 26.7 Å². The van der Waals surface area contributed by atoms with E-state index in [1.54, 1.807) is 7.11 Å². The van der Waals surface area contributed by atoms with E-state index >= 15 is 0 Å². The maximum atomic E-state index is 5.41. The summed E-state index contributed by atoms with van der Waals surface area (Å²) < 4.78 is 5.41. The molecule has 3 aliphatic heterocycles. The number of hydrogen-bond donors (Lipinski definition) is 1. The molecule has 3 heteroatoms. The van der Waals surface area contributed by atoms with Crippen LogP contribution in [0.4, 0.5) is 0 Å². The van der Waals surface area contributed by atoms with Gasteiger partial charge in [0.1, 0.15) is 5.75 Å². The number of ether oxygens (including phenoxy) is 1. The lowest BCUT2D eigenvalue weighted by atomic mass is 9.97.